The molecule has 144 valence electrons. The van der Waals surface area contributed by atoms with E-state index in [9.17, 15) is 9.59 Å². The van der Waals surface area contributed by atoms with Gasteiger partial charge in [0.1, 0.15) is 10.8 Å². The van der Waals surface area contributed by atoms with Crippen LogP contribution >= 0.6 is 11.3 Å². The molecule has 1 amide bonds. The van der Waals surface area contributed by atoms with Gasteiger partial charge in [-0.3, -0.25) is 4.79 Å². The molecule has 0 fully saturated rings. The zero-order valence-corrected chi connectivity index (χ0v) is 16.2. The second kappa shape index (κ2) is 7.47. The summed E-state index contributed by atoms with van der Waals surface area (Å²) in [5.74, 6) is 0.319. The molecule has 4 rings (SSSR count). The number of carbonyl (C=O) groups is 2. The molecule has 0 spiro atoms. The van der Waals surface area contributed by atoms with E-state index in [1.165, 1.54) is 18.4 Å². The lowest BCUT2D eigenvalue weighted by molar-refractivity contribution is 0.0601. The molecule has 0 bridgehead atoms. The summed E-state index contributed by atoms with van der Waals surface area (Å²) in [5.41, 5.74) is 2.34. The average Bonchev–Trinajstić information content (AvgIpc) is 3.43. The first-order valence-electron chi connectivity index (χ1n) is 8.76. The lowest BCUT2D eigenvalue weighted by atomic mass is 10.1. The molecule has 8 heteroatoms. The Labute approximate surface area is 165 Å². The van der Waals surface area contributed by atoms with Crippen molar-refractivity contribution >= 4 is 28.2 Å². The third-order valence-electron chi connectivity index (χ3n) is 4.66. The second-order valence-corrected chi connectivity index (χ2v) is 7.42. The van der Waals surface area contributed by atoms with Crippen molar-refractivity contribution in [3.8, 4) is 17.1 Å². The summed E-state index contributed by atoms with van der Waals surface area (Å²) < 4.78 is 15.3. The van der Waals surface area contributed by atoms with Crippen LogP contribution in [0.3, 0.4) is 0 Å². The molecule has 28 heavy (non-hydrogen) atoms. The zero-order valence-electron chi connectivity index (χ0n) is 15.4. The standard InChI is InChI=1S/C20H18N2O5S/c1-25-12-8-6-11(7-9-12)15-10-14(22-27-15)18(23)21-19-17(20(24)26-2)13-4-3-5-16(13)28-19/h6-10H,3-5H2,1-2H3,(H,21,23). The maximum atomic E-state index is 12.7. The van der Waals surface area contributed by atoms with Crippen LogP contribution in [0.15, 0.2) is 34.9 Å². The van der Waals surface area contributed by atoms with Gasteiger partial charge in [0.25, 0.3) is 5.91 Å². The quantitative estimate of drug-likeness (QED) is 0.655. The fourth-order valence-electron chi connectivity index (χ4n) is 3.25. The Morgan fingerprint density at radius 1 is 1.18 bits per heavy atom. The number of fused-ring (bicyclic) bond motifs is 1. The van der Waals surface area contributed by atoms with Gasteiger partial charge in [-0.2, -0.15) is 0 Å². The van der Waals surface area contributed by atoms with E-state index in [1.54, 1.807) is 25.3 Å². The number of thiophene rings is 1. The second-order valence-electron chi connectivity index (χ2n) is 6.31. The summed E-state index contributed by atoms with van der Waals surface area (Å²) in [6.45, 7) is 0. The number of aryl methyl sites for hydroxylation is 1. The smallest absolute Gasteiger partial charge is 0.341 e. The molecule has 0 atom stereocenters. The van der Waals surface area contributed by atoms with Crippen LogP contribution in [-0.2, 0) is 17.6 Å². The molecular weight excluding hydrogens is 380 g/mol. The largest absolute Gasteiger partial charge is 0.497 e. The van der Waals surface area contributed by atoms with E-state index >= 15 is 0 Å². The number of benzene rings is 1. The van der Waals surface area contributed by atoms with Gasteiger partial charge in [-0.1, -0.05) is 5.16 Å². The van der Waals surface area contributed by atoms with Crippen LogP contribution in [0.4, 0.5) is 5.00 Å². The minimum atomic E-state index is -0.436. The number of amides is 1. The van der Waals surface area contributed by atoms with Gasteiger partial charge >= 0.3 is 5.97 Å². The van der Waals surface area contributed by atoms with Gasteiger partial charge in [0.15, 0.2) is 11.5 Å². The monoisotopic (exact) mass is 398 g/mol. The highest BCUT2D eigenvalue weighted by molar-refractivity contribution is 7.17. The number of anilines is 1. The number of nitrogens with zero attached hydrogens (tertiary/aromatic N) is 1. The molecule has 0 saturated carbocycles. The maximum Gasteiger partial charge on any atom is 0.341 e. The first kappa shape index (κ1) is 18.2. The molecule has 7 nitrogen and oxygen atoms in total. The van der Waals surface area contributed by atoms with Crippen LogP contribution in [0.25, 0.3) is 11.3 Å². The Bertz CT molecular complexity index is 1040. The van der Waals surface area contributed by atoms with E-state index < -0.39 is 11.9 Å². The molecular formula is C20H18N2O5S. The molecule has 2 aromatic heterocycles. The fourth-order valence-corrected chi connectivity index (χ4v) is 4.52. The highest BCUT2D eigenvalue weighted by atomic mass is 32.1. The maximum absolute atomic E-state index is 12.7. The summed E-state index contributed by atoms with van der Waals surface area (Å²) in [6, 6.07) is 8.80. The van der Waals surface area contributed by atoms with Crippen LogP contribution in [0, 0.1) is 0 Å². The molecule has 0 unspecified atom stereocenters. The lowest BCUT2D eigenvalue weighted by Gasteiger charge is -2.05. The van der Waals surface area contributed by atoms with Crippen molar-refractivity contribution in [3.63, 3.8) is 0 Å². The van der Waals surface area contributed by atoms with Crippen LogP contribution in [0.2, 0.25) is 0 Å². The molecule has 1 aliphatic carbocycles. The first-order valence-corrected chi connectivity index (χ1v) is 9.57. The normalized spacial score (nSPS) is 12.5. The van der Waals surface area contributed by atoms with Crippen molar-refractivity contribution in [2.45, 2.75) is 19.3 Å². The number of methoxy groups -OCH3 is 2. The van der Waals surface area contributed by atoms with Crippen LogP contribution in [-0.4, -0.2) is 31.3 Å². The Morgan fingerprint density at radius 2 is 1.96 bits per heavy atom. The fraction of sp³-hybridized carbons (Fsp3) is 0.250. The summed E-state index contributed by atoms with van der Waals surface area (Å²) in [7, 11) is 2.93. The van der Waals surface area contributed by atoms with Gasteiger partial charge in [0.05, 0.1) is 19.8 Å². The number of nitrogens with one attached hydrogen (secondary N) is 1. The van der Waals surface area contributed by atoms with Gasteiger partial charge in [-0.25, -0.2) is 4.79 Å². The summed E-state index contributed by atoms with van der Waals surface area (Å²) in [4.78, 5) is 26.0. The van der Waals surface area contributed by atoms with E-state index in [0.29, 0.717) is 16.3 Å². The molecule has 1 aliphatic rings. The van der Waals surface area contributed by atoms with E-state index in [-0.39, 0.29) is 5.69 Å². The van der Waals surface area contributed by atoms with Gasteiger partial charge < -0.3 is 19.3 Å². The SMILES string of the molecule is COC(=O)c1c(NC(=O)c2cc(-c3ccc(OC)cc3)on2)sc2c1CCC2. The summed E-state index contributed by atoms with van der Waals surface area (Å²) in [5, 5.41) is 7.15. The van der Waals surface area contributed by atoms with Crippen LogP contribution in [0.5, 0.6) is 5.75 Å². The van der Waals surface area contributed by atoms with Gasteiger partial charge in [0, 0.05) is 16.5 Å². The predicted molar refractivity (Wildman–Crippen MR) is 104 cm³/mol. The van der Waals surface area contributed by atoms with E-state index in [1.807, 2.05) is 12.1 Å². The van der Waals surface area contributed by atoms with Gasteiger partial charge in [-0.15, -0.1) is 11.3 Å². The first-order chi connectivity index (χ1) is 13.6. The molecule has 0 radical (unpaired) electrons. The van der Waals surface area contributed by atoms with Crippen molar-refractivity contribution < 1.29 is 23.6 Å². The average molecular weight is 398 g/mol. The lowest BCUT2D eigenvalue weighted by Crippen LogP contribution is -2.14. The Morgan fingerprint density at radius 3 is 2.68 bits per heavy atom. The summed E-state index contributed by atoms with van der Waals surface area (Å²) >= 11 is 1.42. The molecule has 0 aliphatic heterocycles. The third-order valence-corrected chi connectivity index (χ3v) is 5.86. The number of hydrogen-bond donors (Lipinski definition) is 1. The molecule has 0 saturated heterocycles. The number of hydrogen-bond acceptors (Lipinski definition) is 7. The number of rotatable bonds is 5. The molecule has 3 aromatic rings. The van der Waals surface area contributed by atoms with Gasteiger partial charge in [-0.05, 0) is 49.1 Å². The van der Waals surface area contributed by atoms with Gasteiger partial charge in [0.2, 0.25) is 0 Å². The van der Waals surface area contributed by atoms with Crippen molar-refractivity contribution in [3.05, 3.63) is 52.0 Å². The van der Waals surface area contributed by atoms with E-state index in [0.717, 1.165) is 41.0 Å². The Hall–Kier alpha value is -3.13. The Kier molecular flexibility index (Phi) is 4.87. The minimum absolute atomic E-state index is 0.134. The van der Waals surface area contributed by atoms with Crippen molar-refractivity contribution in [2.24, 2.45) is 0 Å². The topological polar surface area (TPSA) is 90.7 Å². The Balaban J connectivity index is 1.56. The zero-order chi connectivity index (χ0) is 19.7. The highest BCUT2D eigenvalue weighted by Crippen LogP contribution is 2.39. The minimum Gasteiger partial charge on any atom is -0.497 e. The number of carbonyl (C=O) groups excluding carboxylic acids is 2. The number of aromatic nitrogens is 1. The van der Waals surface area contributed by atoms with Crippen molar-refractivity contribution in [2.75, 3.05) is 19.5 Å². The third kappa shape index (κ3) is 3.27. The van der Waals surface area contributed by atoms with E-state index in [2.05, 4.69) is 10.5 Å². The van der Waals surface area contributed by atoms with Crippen molar-refractivity contribution in [1.29, 1.82) is 0 Å². The van der Waals surface area contributed by atoms with Crippen LogP contribution < -0.4 is 10.1 Å². The predicted octanol–water partition coefficient (Wildman–Crippen LogP) is 3.94. The molecule has 2 heterocycles. The molecule has 1 N–H and O–H groups in total. The molecule has 1 aromatic carbocycles. The highest BCUT2D eigenvalue weighted by Gasteiger charge is 2.28. The van der Waals surface area contributed by atoms with Crippen LogP contribution in [0.1, 0.15) is 37.7 Å². The van der Waals surface area contributed by atoms with Crippen molar-refractivity contribution in [1.82, 2.24) is 5.16 Å². The van der Waals surface area contributed by atoms with E-state index in [4.69, 9.17) is 14.0 Å². The summed E-state index contributed by atoms with van der Waals surface area (Å²) in [6.07, 6.45) is 2.73. The number of ether oxygens (including phenoxy) is 2. The number of esters is 1.